The topological polar surface area (TPSA) is 63.0 Å². The average Bonchev–Trinajstić information content (AvgIpc) is 3.41. The highest BCUT2D eigenvalue weighted by Crippen LogP contribution is 2.34. The van der Waals surface area contributed by atoms with Crippen molar-refractivity contribution in [1.29, 1.82) is 0 Å². The van der Waals surface area contributed by atoms with Gasteiger partial charge in [-0.3, -0.25) is 9.89 Å². The SMILES string of the molecule is O=c1cc(CSc2ccccn2)nc2c(-c3cc(-c4ccccc4)cs3)c[nH]n12. The third-order valence-corrected chi connectivity index (χ3v) is 6.47. The molecule has 0 radical (unpaired) electrons. The third-order valence-electron chi connectivity index (χ3n) is 4.53. The number of nitrogens with zero attached hydrogens (tertiary/aromatic N) is 3. The summed E-state index contributed by atoms with van der Waals surface area (Å²) in [5.41, 5.74) is 4.54. The molecule has 0 amide bonds. The number of fused-ring (bicyclic) bond motifs is 1. The molecule has 0 fully saturated rings. The predicted octanol–water partition coefficient (Wildman–Crippen LogP) is 5.11. The Balaban J connectivity index is 1.50. The van der Waals surface area contributed by atoms with Gasteiger partial charge in [-0.05, 0) is 34.7 Å². The highest BCUT2D eigenvalue weighted by molar-refractivity contribution is 7.98. The second-order valence-electron chi connectivity index (χ2n) is 6.45. The molecule has 0 aliphatic carbocycles. The fraction of sp³-hybridized carbons (Fsp3) is 0.0455. The first-order valence-corrected chi connectivity index (χ1v) is 10.9. The van der Waals surface area contributed by atoms with Gasteiger partial charge in [-0.2, -0.15) is 0 Å². The molecule has 29 heavy (non-hydrogen) atoms. The van der Waals surface area contributed by atoms with Crippen molar-refractivity contribution in [2.45, 2.75) is 10.8 Å². The number of rotatable bonds is 5. The summed E-state index contributed by atoms with van der Waals surface area (Å²) in [4.78, 5) is 22.7. The van der Waals surface area contributed by atoms with Crippen molar-refractivity contribution in [2.24, 2.45) is 0 Å². The van der Waals surface area contributed by atoms with E-state index in [0.29, 0.717) is 11.4 Å². The molecule has 1 N–H and O–H groups in total. The molecule has 4 heterocycles. The van der Waals surface area contributed by atoms with E-state index < -0.39 is 0 Å². The van der Waals surface area contributed by atoms with Crippen LogP contribution >= 0.6 is 23.1 Å². The first-order chi connectivity index (χ1) is 14.3. The van der Waals surface area contributed by atoms with Gasteiger partial charge in [0.25, 0.3) is 5.56 Å². The average molecular weight is 417 g/mol. The summed E-state index contributed by atoms with van der Waals surface area (Å²) in [5.74, 6) is 0.590. The minimum atomic E-state index is -0.113. The Morgan fingerprint density at radius 3 is 2.72 bits per heavy atom. The van der Waals surface area contributed by atoms with E-state index in [1.54, 1.807) is 35.4 Å². The van der Waals surface area contributed by atoms with Crippen molar-refractivity contribution in [2.75, 3.05) is 0 Å². The molecule has 0 saturated carbocycles. The van der Waals surface area contributed by atoms with Crippen LogP contribution in [0.15, 0.2) is 88.3 Å². The second kappa shape index (κ2) is 7.69. The van der Waals surface area contributed by atoms with Gasteiger partial charge in [0.1, 0.15) is 0 Å². The largest absolute Gasteiger partial charge is 0.296 e. The van der Waals surface area contributed by atoms with Gasteiger partial charge in [0.15, 0.2) is 5.65 Å². The lowest BCUT2D eigenvalue weighted by Gasteiger charge is -2.02. The lowest BCUT2D eigenvalue weighted by Crippen LogP contribution is -2.15. The normalized spacial score (nSPS) is 11.2. The maximum absolute atomic E-state index is 12.6. The Kier molecular flexibility index (Phi) is 4.75. The van der Waals surface area contributed by atoms with Crippen molar-refractivity contribution in [3.05, 3.63) is 94.5 Å². The van der Waals surface area contributed by atoms with Crippen molar-refractivity contribution in [3.8, 4) is 21.6 Å². The number of thiophene rings is 1. The quantitative estimate of drug-likeness (QED) is 0.405. The van der Waals surface area contributed by atoms with Gasteiger partial charge in [-0.1, -0.05) is 36.4 Å². The molecule has 7 heteroatoms. The fourth-order valence-electron chi connectivity index (χ4n) is 3.12. The Hall–Kier alpha value is -3.16. The zero-order valence-corrected chi connectivity index (χ0v) is 16.9. The van der Waals surface area contributed by atoms with E-state index in [1.165, 1.54) is 10.1 Å². The Morgan fingerprint density at radius 2 is 1.90 bits per heavy atom. The number of aromatic amines is 1. The van der Waals surface area contributed by atoms with E-state index in [4.69, 9.17) is 4.98 Å². The summed E-state index contributed by atoms with van der Waals surface area (Å²) < 4.78 is 1.49. The minimum absolute atomic E-state index is 0.113. The smallest absolute Gasteiger partial charge is 0.272 e. The predicted molar refractivity (Wildman–Crippen MR) is 118 cm³/mol. The first-order valence-electron chi connectivity index (χ1n) is 9.06. The van der Waals surface area contributed by atoms with Crippen LogP contribution in [0.1, 0.15) is 5.69 Å². The molecule has 5 rings (SSSR count). The summed E-state index contributed by atoms with van der Waals surface area (Å²) in [5, 5.41) is 6.08. The Morgan fingerprint density at radius 1 is 1.03 bits per heavy atom. The summed E-state index contributed by atoms with van der Waals surface area (Å²) in [6.45, 7) is 0. The summed E-state index contributed by atoms with van der Waals surface area (Å²) in [6.07, 6.45) is 3.61. The van der Waals surface area contributed by atoms with E-state index >= 15 is 0 Å². The van der Waals surface area contributed by atoms with Gasteiger partial charge >= 0.3 is 0 Å². The van der Waals surface area contributed by atoms with Crippen LogP contribution in [0.5, 0.6) is 0 Å². The molecule has 0 aliphatic rings. The maximum Gasteiger partial charge on any atom is 0.272 e. The standard InChI is InChI=1S/C22H16N4OS2/c27-21-11-17(14-29-20-8-4-5-9-23-20)25-22-18(12-24-26(21)22)19-10-16(13-28-19)15-6-2-1-3-7-15/h1-13,24H,14H2. The molecule has 4 aromatic heterocycles. The van der Waals surface area contributed by atoms with Crippen LogP contribution in [0.25, 0.3) is 27.2 Å². The molecule has 0 spiro atoms. The molecule has 0 atom stereocenters. The van der Waals surface area contributed by atoms with Crippen molar-refractivity contribution in [1.82, 2.24) is 19.6 Å². The molecule has 0 saturated heterocycles. The number of pyridine rings is 1. The van der Waals surface area contributed by atoms with Crippen molar-refractivity contribution < 1.29 is 0 Å². The van der Waals surface area contributed by atoms with Gasteiger partial charge in [0.05, 0.1) is 16.3 Å². The lowest BCUT2D eigenvalue weighted by atomic mass is 10.1. The van der Waals surface area contributed by atoms with Gasteiger partial charge in [-0.15, -0.1) is 23.1 Å². The van der Waals surface area contributed by atoms with E-state index in [2.05, 4.69) is 33.7 Å². The van der Waals surface area contributed by atoms with Crippen LogP contribution in [0.2, 0.25) is 0 Å². The molecular formula is C22H16N4OS2. The Bertz CT molecular complexity index is 1320. The monoisotopic (exact) mass is 416 g/mol. The zero-order chi connectivity index (χ0) is 19.6. The number of hydrogen-bond donors (Lipinski definition) is 1. The molecule has 5 aromatic rings. The van der Waals surface area contributed by atoms with Crippen molar-refractivity contribution in [3.63, 3.8) is 0 Å². The summed E-state index contributed by atoms with van der Waals surface area (Å²) in [6, 6.07) is 19.8. The number of nitrogens with one attached hydrogen (secondary N) is 1. The van der Waals surface area contributed by atoms with Crippen LogP contribution in [0.3, 0.4) is 0 Å². The molecule has 0 bridgehead atoms. The van der Waals surface area contributed by atoms with Crippen LogP contribution in [-0.2, 0) is 5.75 Å². The molecule has 0 unspecified atom stereocenters. The van der Waals surface area contributed by atoms with Gasteiger partial charge < -0.3 is 0 Å². The second-order valence-corrected chi connectivity index (χ2v) is 8.36. The number of benzene rings is 1. The summed E-state index contributed by atoms with van der Waals surface area (Å²) >= 11 is 3.22. The number of aromatic nitrogens is 4. The third kappa shape index (κ3) is 3.62. The van der Waals surface area contributed by atoms with E-state index in [-0.39, 0.29) is 5.56 Å². The highest BCUT2D eigenvalue weighted by Gasteiger charge is 2.13. The first kappa shape index (κ1) is 17.9. The highest BCUT2D eigenvalue weighted by atomic mass is 32.2. The lowest BCUT2D eigenvalue weighted by molar-refractivity contribution is 0.888. The van der Waals surface area contributed by atoms with Gasteiger partial charge in [-0.25, -0.2) is 14.5 Å². The van der Waals surface area contributed by atoms with E-state index in [9.17, 15) is 4.79 Å². The summed E-state index contributed by atoms with van der Waals surface area (Å²) in [7, 11) is 0. The van der Waals surface area contributed by atoms with Crippen LogP contribution in [0, 0.1) is 0 Å². The minimum Gasteiger partial charge on any atom is -0.296 e. The van der Waals surface area contributed by atoms with Crippen molar-refractivity contribution >= 4 is 28.7 Å². The molecule has 1 aromatic carbocycles. The number of thioether (sulfide) groups is 1. The van der Waals surface area contributed by atoms with Gasteiger partial charge in [0, 0.05) is 29.1 Å². The Labute approximate surface area is 175 Å². The van der Waals surface area contributed by atoms with Crippen LogP contribution in [0.4, 0.5) is 0 Å². The van der Waals surface area contributed by atoms with Crippen LogP contribution in [-0.4, -0.2) is 19.6 Å². The molecule has 0 aliphatic heterocycles. The van der Waals surface area contributed by atoms with Gasteiger partial charge in [0.2, 0.25) is 0 Å². The maximum atomic E-state index is 12.6. The molecule has 142 valence electrons. The number of H-pyrrole nitrogens is 1. The fourth-order valence-corrected chi connectivity index (χ4v) is 4.81. The molecule has 5 nitrogen and oxygen atoms in total. The van der Waals surface area contributed by atoms with E-state index in [1.807, 2.05) is 42.6 Å². The zero-order valence-electron chi connectivity index (χ0n) is 15.3. The van der Waals surface area contributed by atoms with Crippen LogP contribution < -0.4 is 5.56 Å². The van der Waals surface area contributed by atoms with E-state index in [0.717, 1.165) is 26.7 Å². The molecular weight excluding hydrogens is 400 g/mol. The number of hydrogen-bond acceptors (Lipinski definition) is 5.